The molecule has 86 valence electrons. The van der Waals surface area contributed by atoms with Crippen LogP contribution in [0.4, 0.5) is 8.78 Å². The number of aliphatic hydroxyl groups excluding tert-OH is 3. The number of carboxylic acids is 1. The van der Waals surface area contributed by atoms with Gasteiger partial charge in [-0.15, -0.1) is 0 Å². The number of alkyl halides is 2. The molecule has 0 heterocycles. The molecule has 0 radical (unpaired) electrons. The van der Waals surface area contributed by atoms with Crippen molar-refractivity contribution in [2.24, 2.45) is 0 Å². The van der Waals surface area contributed by atoms with Crippen molar-refractivity contribution in [1.29, 1.82) is 0 Å². The van der Waals surface area contributed by atoms with Crippen LogP contribution in [0.3, 0.4) is 0 Å². The summed E-state index contributed by atoms with van der Waals surface area (Å²) in [5.74, 6) is -6.49. The first-order valence-electron chi connectivity index (χ1n) is 4.13. The number of halogens is 2. The van der Waals surface area contributed by atoms with Gasteiger partial charge in [-0.2, -0.15) is 8.78 Å². The van der Waals surface area contributed by atoms with E-state index in [1.165, 1.54) is 0 Å². The second-order valence-corrected chi connectivity index (χ2v) is 3.32. The minimum Gasteiger partial charge on any atom is -0.477 e. The normalized spacial score (nSPS) is 32.3. The molecule has 0 aromatic rings. The molecule has 0 aromatic carbocycles. The zero-order valence-electron chi connectivity index (χ0n) is 7.47. The third-order valence-electron chi connectivity index (χ3n) is 2.22. The summed E-state index contributed by atoms with van der Waals surface area (Å²) in [5, 5.41) is 35.4. The highest BCUT2D eigenvalue weighted by Crippen LogP contribution is 2.32. The number of hydrogen-bond donors (Lipinski definition) is 4. The Hall–Kier alpha value is -1.05. The summed E-state index contributed by atoms with van der Waals surface area (Å²) >= 11 is 0. The third-order valence-corrected chi connectivity index (χ3v) is 2.22. The number of aliphatic carboxylic acids is 1. The van der Waals surface area contributed by atoms with Crippen LogP contribution in [-0.2, 0) is 4.79 Å². The standard InChI is InChI=1S/C8H10F2O5/c9-8(10,7(14)15)3-1-4(11)6(13)5(12)2-3/h1,4-6,11-13H,2H2,(H,14,15)/t4-,5-,6-/m1/s1. The lowest BCUT2D eigenvalue weighted by atomic mass is 9.89. The number of hydrogen-bond acceptors (Lipinski definition) is 4. The summed E-state index contributed by atoms with van der Waals surface area (Å²) < 4.78 is 25.9. The van der Waals surface area contributed by atoms with E-state index in [1.807, 2.05) is 0 Å². The van der Waals surface area contributed by atoms with E-state index in [2.05, 4.69) is 0 Å². The molecule has 0 aromatic heterocycles. The van der Waals surface area contributed by atoms with Crippen molar-refractivity contribution in [2.45, 2.75) is 30.7 Å². The molecule has 1 rings (SSSR count). The molecule has 0 saturated carbocycles. The molecule has 0 fully saturated rings. The Morgan fingerprint density at radius 3 is 2.33 bits per heavy atom. The van der Waals surface area contributed by atoms with Gasteiger partial charge in [-0.25, -0.2) is 4.79 Å². The van der Waals surface area contributed by atoms with Gasteiger partial charge in [0.1, 0.15) is 12.2 Å². The van der Waals surface area contributed by atoms with Gasteiger partial charge >= 0.3 is 11.9 Å². The maximum Gasteiger partial charge on any atom is 0.379 e. The molecule has 0 spiro atoms. The number of rotatable bonds is 2. The Bertz CT molecular complexity index is 301. The van der Waals surface area contributed by atoms with E-state index in [-0.39, 0.29) is 0 Å². The zero-order valence-corrected chi connectivity index (χ0v) is 7.47. The second-order valence-electron chi connectivity index (χ2n) is 3.32. The predicted octanol–water partition coefficient (Wildman–Crippen LogP) is -0.881. The van der Waals surface area contributed by atoms with Crippen molar-refractivity contribution < 1.29 is 34.0 Å². The van der Waals surface area contributed by atoms with Gasteiger partial charge in [0.15, 0.2) is 0 Å². The highest BCUT2D eigenvalue weighted by Gasteiger charge is 2.47. The molecule has 15 heavy (non-hydrogen) atoms. The minimum atomic E-state index is -4.14. The molecule has 3 atom stereocenters. The topological polar surface area (TPSA) is 98.0 Å². The van der Waals surface area contributed by atoms with Gasteiger partial charge in [0.2, 0.25) is 0 Å². The monoisotopic (exact) mass is 224 g/mol. The lowest BCUT2D eigenvalue weighted by molar-refractivity contribution is -0.160. The van der Waals surface area contributed by atoms with Gasteiger partial charge in [-0.05, 0) is 6.08 Å². The SMILES string of the molecule is O=C(O)C(F)(F)C1=C[C@@H](O)[C@@H](O)[C@H](O)C1. The van der Waals surface area contributed by atoms with E-state index < -0.39 is 42.2 Å². The average Bonchev–Trinajstić information content (AvgIpc) is 2.13. The van der Waals surface area contributed by atoms with Crippen molar-refractivity contribution in [2.75, 3.05) is 0 Å². The van der Waals surface area contributed by atoms with E-state index in [4.69, 9.17) is 20.4 Å². The summed E-state index contributed by atoms with van der Waals surface area (Å²) in [6, 6.07) is 0. The lowest BCUT2D eigenvalue weighted by Gasteiger charge is -2.29. The van der Waals surface area contributed by atoms with Gasteiger partial charge in [0.25, 0.3) is 0 Å². The molecule has 0 amide bonds. The number of aliphatic hydroxyl groups is 3. The van der Waals surface area contributed by atoms with E-state index in [0.717, 1.165) is 0 Å². The summed E-state index contributed by atoms with van der Waals surface area (Å²) in [6.07, 6.45) is -4.97. The Kier molecular flexibility index (Phi) is 3.08. The van der Waals surface area contributed by atoms with Crippen molar-refractivity contribution >= 4 is 5.97 Å². The van der Waals surface area contributed by atoms with Gasteiger partial charge in [0.05, 0.1) is 6.10 Å². The van der Waals surface area contributed by atoms with Crippen molar-refractivity contribution in [3.63, 3.8) is 0 Å². The third kappa shape index (κ3) is 2.14. The number of carbonyl (C=O) groups is 1. The minimum absolute atomic E-state index is 0.561. The van der Waals surface area contributed by atoms with E-state index in [9.17, 15) is 13.6 Å². The molecule has 5 nitrogen and oxygen atoms in total. The summed E-state index contributed by atoms with van der Waals surface area (Å²) in [7, 11) is 0. The van der Waals surface area contributed by atoms with Crippen LogP contribution < -0.4 is 0 Å². The smallest absolute Gasteiger partial charge is 0.379 e. The van der Waals surface area contributed by atoms with Gasteiger partial charge in [0, 0.05) is 12.0 Å². The average molecular weight is 224 g/mol. The van der Waals surface area contributed by atoms with Crippen molar-refractivity contribution in [3.05, 3.63) is 11.6 Å². The van der Waals surface area contributed by atoms with Gasteiger partial charge < -0.3 is 20.4 Å². The van der Waals surface area contributed by atoms with Crippen LogP contribution in [0.5, 0.6) is 0 Å². The van der Waals surface area contributed by atoms with Crippen LogP contribution in [0.25, 0.3) is 0 Å². The first kappa shape index (κ1) is 12.0. The zero-order chi connectivity index (χ0) is 11.8. The Labute approximate surface area is 83.3 Å². The summed E-state index contributed by atoms with van der Waals surface area (Å²) in [5.41, 5.74) is -0.903. The molecule has 0 bridgehead atoms. The largest absolute Gasteiger partial charge is 0.477 e. The molecule has 4 N–H and O–H groups in total. The molecular weight excluding hydrogens is 214 g/mol. The lowest BCUT2D eigenvalue weighted by Crippen LogP contribution is -2.44. The Morgan fingerprint density at radius 2 is 1.93 bits per heavy atom. The summed E-state index contributed by atoms with van der Waals surface area (Å²) in [4.78, 5) is 10.2. The molecule has 0 aliphatic heterocycles. The molecule has 0 saturated heterocycles. The van der Waals surface area contributed by atoms with E-state index in [1.54, 1.807) is 0 Å². The molecule has 1 aliphatic rings. The fourth-order valence-corrected chi connectivity index (χ4v) is 1.32. The molecule has 0 unspecified atom stereocenters. The molecular formula is C8H10F2O5. The number of carboxylic acid groups (broad SMARTS) is 1. The van der Waals surface area contributed by atoms with Crippen LogP contribution in [-0.4, -0.2) is 50.6 Å². The van der Waals surface area contributed by atoms with Crippen LogP contribution in [0.1, 0.15) is 6.42 Å². The van der Waals surface area contributed by atoms with Gasteiger partial charge in [-0.3, -0.25) is 0 Å². The maximum absolute atomic E-state index is 12.9. The van der Waals surface area contributed by atoms with Crippen LogP contribution in [0.15, 0.2) is 11.6 Å². The van der Waals surface area contributed by atoms with Crippen molar-refractivity contribution in [1.82, 2.24) is 0 Å². The van der Waals surface area contributed by atoms with Gasteiger partial charge in [-0.1, -0.05) is 0 Å². The molecule has 7 heteroatoms. The van der Waals surface area contributed by atoms with Crippen molar-refractivity contribution in [3.8, 4) is 0 Å². The fourth-order valence-electron chi connectivity index (χ4n) is 1.32. The first-order chi connectivity index (χ1) is 6.76. The van der Waals surface area contributed by atoms with Crippen LogP contribution in [0, 0.1) is 0 Å². The second kappa shape index (κ2) is 3.84. The summed E-state index contributed by atoms with van der Waals surface area (Å²) in [6.45, 7) is 0. The fraction of sp³-hybridized carbons (Fsp3) is 0.625. The Morgan fingerprint density at radius 1 is 1.40 bits per heavy atom. The first-order valence-corrected chi connectivity index (χ1v) is 4.13. The van der Waals surface area contributed by atoms with Crippen LogP contribution in [0.2, 0.25) is 0 Å². The molecule has 1 aliphatic carbocycles. The van der Waals surface area contributed by atoms with Crippen LogP contribution >= 0.6 is 0 Å². The van der Waals surface area contributed by atoms with E-state index in [0.29, 0.717) is 6.08 Å². The quantitative estimate of drug-likeness (QED) is 0.456. The van der Waals surface area contributed by atoms with E-state index >= 15 is 0 Å². The highest BCUT2D eigenvalue weighted by molar-refractivity contribution is 5.79. The predicted molar refractivity (Wildman–Crippen MR) is 43.3 cm³/mol. The Balaban J connectivity index is 2.98. The maximum atomic E-state index is 12.9. The highest BCUT2D eigenvalue weighted by atomic mass is 19.3.